The highest BCUT2D eigenvalue weighted by Crippen LogP contribution is 2.45. The Morgan fingerprint density at radius 3 is 2.61 bits per heavy atom. The quantitative estimate of drug-likeness (QED) is 0.794. The van der Waals surface area contributed by atoms with E-state index in [9.17, 15) is 14.0 Å². The summed E-state index contributed by atoms with van der Waals surface area (Å²) in [6.45, 7) is 1.67. The minimum Gasteiger partial charge on any atom is -0.337 e. The zero-order valence-electron chi connectivity index (χ0n) is 16.2. The first-order valence-corrected chi connectivity index (χ1v) is 9.37. The van der Waals surface area contributed by atoms with Gasteiger partial charge < -0.3 is 14.7 Å². The van der Waals surface area contributed by atoms with E-state index in [-0.39, 0.29) is 35.6 Å². The number of amides is 3. The van der Waals surface area contributed by atoms with Gasteiger partial charge in [-0.05, 0) is 23.8 Å². The van der Waals surface area contributed by atoms with Gasteiger partial charge in [0, 0.05) is 58.8 Å². The number of benzene rings is 1. The number of aryl methyl sites for hydroxylation is 1. The van der Waals surface area contributed by atoms with Crippen LogP contribution in [0.3, 0.4) is 0 Å². The van der Waals surface area contributed by atoms with E-state index < -0.39 is 0 Å². The lowest BCUT2D eigenvalue weighted by atomic mass is 9.89. The minimum absolute atomic E-state index is 0.0575. The molecule has 2 fully saturated rings. The number of nitrogens with zero attached hydrogens (tertiary/aromatic N) is 5. The summed E-state index contributed by atoms with van der Waals surface area (Å²) in [5.41, 5.74) is 1.32. The van der Waals surface area contributed by atoms with Crippen LogP contribution in [0.2, 0.25) is 0 Å². The number of halogens is 1. The van der Waals surface area contributed by atoms with Crippen molar-refractivity contribution in [2.75, 3.05) is 33.7 Å². The Bertz CT molecular complexity index is 912. The van der Waals surface area contributed by atoms with Crippen LogP contribution in [0.4, 0.5) is 9.18 Å². The van der Waals surface area contributed by atoms with Gasteiger partial charge in [0.25, 0.3) is 5.91 Å². The Kier molecular flexibility index (Phi) is 4.56. The standard InChI is InChI=1S/C20H24FN5O2/c1-23(2)20(28)26-11-14-10-25(19(27)17-7-8-22-24(17)3)12-16(14)18(26)13-5-4-6-15(21)9-13/h4-9,14,16,18H,10-12H2,1-3H3/t14-,16-,18+/m1/s1. The monoisotopic (exact) mass is 385 g/mol. The van der Waals surface area contributed by atoms with Gasteiger partial charge in [-0.2, -0.15) is 5.10 Å². The molecule has 0 bridgehead atoms. The van der Waals surface area contributed by atoms with Crippen molar-refractivity contribution in [1.82, 2.24) is 24.5 Å². The summed E-state index contributed by atoms with van der Waals surface area (Å²) in [5.74, 6) is -0.144. The van der Waals surface area contributed by atoms with Crippen LogP contribution >= 0.6 is 0 Å². The molecule has 3 heterocycles. The molecule has 8 heteroatoms. The number of hydrogen-bond donors (Lipinski definition) is 0. The maximum Gasteiger partial charge on any atom is 0.320 e. The maximum atomic E-state index is 13.9. The second-order valence-corrected chi connectivity index (χ2v) is 7.80. The number of urea groups is 1. The highest BCUT2D eigenvalue weighted by Gasteiger charge is 2.50. The number of hydrogen-bond acceptors (Lipinski definition) is 3. The van der Waals surface area contributed by atoms with E-state index in [1.54, 1.807) is 49.1 Å². The number of aromatic nitrogens is 2. The smallest absolute Gasteiger partial charge is 0.320 e. The highest BCUT2D eigenvalue weighted by atomic mass is 19.1. The largest absolute Gasteiger partial charge is 0.337 e. The summed E-state index contributed by atoms with van der Waals surface area (Å²) in [6.07, 6.45) is 1.61. The molecule has 4 rings (SSSR count). The third-order valence-electron chi connectivity index (χ3n) is 5.81. The van der Waals surface area contributed by atoms with Gasteiger partial charge in [-0.1, -0.05) is 12.1 Å². The van der Waals surface area contributed by atoms with Crippen molar-refractivity contribution in [3.8, 4) is 0 Å². The molecule has 2 aliphatic rings. The van der Waals surface area contributed by atoms with Crippen LogP contribution in [-0.2, 0) is 7.05 Å². The molecule has 2 saturated heterocycles. The molecule has 28 heavy (non-hydrogen) atoms. The van der Waals surface area contributed by atoms with E-state index in [4.69, 9.17) is 0 Å². The van der Waals surface area contributed by atoms with Crippen LogP contribution in [0.5, 0.6) is 0 Å². The summed E-state index contributed by atoms with van der Waals surface area (Å²) in [6, 6.07) is 7.80. The van der Waals surface area contributed by atoms with Crippen LogP contribution in [0.25, 0.3) is 0 Å². The molecule has 7 nitrogen and oxygen atoms in total. The molecular weight excluding hydrogens is 361 g/mol. The average Bonchev–Trinajstić information content (AvgIpc) is 3.33. The number of fused-ring (bicyclic) bond motifs is 1. The first-order chi connectivity index (χ1) is 13.4. The van der Waals surface area contributed by atoms with Crippen molar-refractivity contribution in [3.05, 3.63) is 53.6 Å². The number of carbonyl (C=O) groups excluding carboxylic acids is 2. The first kappa shape index (κ1) is 18.5. The molecule has 1 aromatic carbocycles. The third kappa shape index (κ3) is 3.02. The van der Waals surface area contributed by atoms with Gasteiger partial charge in [-0.3, -0.25) is 9.48 Å². The summed E-state index contributed by atoms with van der Waals surface area (Å²) >= 11 is 0. The molecular formula is C20H24FN5O2. The molecule has 1 aromatic heterocycles. The van der Waals surface area contributed by atoms with E-state index in [0.717, 1.165) is 5.56 Å². The number of likely N-dealkylation sites (tertiary alicyclic amines) is 2. The van der Waals surface area contributed by atoms with Gasteiger partial charge in [0.15, 0.2) is 0 Å². The van der Waals surface area contributed by atoms with Gasteiger partial charge in [0.05, 0.1) is 6.04 Å². The van der Waals surface area contributed by atoms with Crippen LogP contribution in [0.15, 0.2) is 36.5 Å². The maximum absolute atomic E-state index is 13.9. The molecule has 148 valence electrons. The molecule has 0 aliphatic carbocycles. The van der Waals surface area contributed by atoms with Crippen LogP contribution < -0.4 is 0 Å². The second-order valence-electron chi connectivity index (χ2n) is 7.80. The molecule has 0 N–H and O–H groups in total. The zero-order valence-corrected chi connectivity index (χ0v) is 16.2. The lowest BCUT2D eigenvalue weighted by Crippen LogP contribution is -2.42. The Balaban J connectivity index is 1.63. The van der Waals surface area contributed by atoms with Gasteiger partial charge in [0.1, 0.15) is 11.5 Å². The van der Waals surface area contributed by atoms with Crippen molar-refractivity contribution in [3.63, 3.8) is 0 Å². The van der Waals surface area contributed by atoms with Crippen LogP contribution in [-0.4, -0.2) is 70.1 Å². The fourth-order valence-electron chi connectivity index (χ4n) is 4.53. The summed E-state index contributed by atoms with van der Waals surface area (Å²) in [5, 5.41) is 4.08. The van der Waals surface area contributed by atoms with Crippen molar-refractivity contribution in [2.24, 2.45) is 18.9 Å². The number of rotatable bonds is 2. The highest BCUT2D eigenvalue weighted by molar-refractivity contribution is 5.92. The Morgan fingerprint density at radius 1 is 1.18 bits per heavy atom. The summed E-state index contributed by atoms with van der Waals surface area (Å²) < 4.78 is 15.5. The predicted molar refractivity (Wildman–Crippen MR) is 101 cm³/mol. The van der Waals surface area contributed by atoms with Crippen LogP contribution in [0.1, 0.15) is 22.1 Å². The van der Waals surface area contributed by atoms with E-state index >= 15 is 0 Å². The molecule has 3 amide bonds. The normalized spacial score (nSPS) is 23.8. The summed E-state index contributed by atoms with van der Waals surface area (Å²) in [7, 11) is 5.19. The van der Waals surface area contributed by atoms with E-state index in [0.29, 0.717) is 25.3 Å². The molecule has 0 radical (unpaired) electrons. The SMILES string of the molecule is CN(C)C(=O)N1C[C@H]2CN(C(=O)c3ccnn3C)C[C@H]2[C@@H]1c1cccc(F)c1. The topological polar surface area (TPSA) is 61.7 Å². The lowest BCUT2D eigenvalue weighted by Gasteiger charge is -2.31. The third-order valence-corrected chi connectivity index (χ3v) is 5.81. The van der Waals surface area contributed by atoms with E-state index in [1.165, 1.54) is 12.1 Å². The molecule has 2 aliphatic heterocycles. The Labute approximate surface area is 163 Å². The van der Waals surface area contributed by atoms with Gasteiger partial charge in [0.2, 0.25) is 0 Å². The molecule has 0 saturated carbocycles. The van der Waals surface area contributed by atoms with Gasteiger partial charge >= 0.3 is 6.03 Å². The zero-order chi connectivity index (χ0) is 20.0. The number of carbonyl (C=O) groups is 2. The molecule has 0 spiro atoms. The predicted octanol–water partition coefficient (Wildman–Crippen LogP) is 1.99. The van der Waals surface area contributed by atoms with Crippen molar-refractivity contribution in [2.45, 2.75) is 6.04 Å². The Hall–Kier alpha value is -2.90. The fraction of sp³-hybridized carbons (Fsp3) is 0.450. The van der Waals surface area contributed by atoms with Gasteiger partial charge in [-0.25, -0.2) is 9.18 Å². The summed E-state index contributed by atoms with van der Waals surface area (Å²) in [4.78, 5) is 30.8. The van der Waals surface area contributed by atoms with Crippen LogP contribution in [0, 0.1) is 17.7 Å². The molecule has 3 atom stereocenters. The average molecular weight is 385 g/mol. The second kappa shape index (κ2) is 6.92. The van der Waals surface area contributed by atoms with Crippen molar-refractivity contribution < 1.29 is 14.0 Å². The fourth-order valence-corrected chi connectivity index (χ4v) is 4.53. The van der Waals surface area contributed by atoms with Gasteiger partial charge in [-0.15, -0.1) is 0 Å². The molecule has 2 aromatic rings. The lowest BCUT2D eigenvalue weighted by molar-refractivity contribution is 0.0755. The van der Waals surface area contributed by atoms with Crippen molar-refractivity contribution in [1.29, 1.82) is 0 Å². The van der Waals surface area contributed by atoms with E-state index in [1.807, 2.05) is 15.9 Å². The van der Waals surface area contributed by atoms with Crippen molar-refractivity contribution >= 4 is 11.9 Å². The van der Waals surface area contributed by atoms with E-state index in [2.05, 4.69) is 5.10 Å². The Morgan fingerprint density at radius 2 is 1.96 bits per heavy atom. The molecule has 0 unspecified atom stereocenters. The minimum atomic E-state index is -0.320. The first-order valence-electron chi connectivity index (χ1n) is 9.37.